The van der Waals surface area contributed by atoms with E-state index in [1.807, 2.05) is 6.07 Å². The van der Waals surface area contributed by atoms with E-state index < -0.39 is 18.5 Å². The van der Waals surface area contributed by atoms with Crippen LogP contribution in [0.3, 0.4) is 0 Å². The van der Waals surface area contributed by atoms with Crippen molar-refractivity contribution < 1.29 is 14.3 Å². The first-order valence-corrected chi connectivity index (χ1v) is 6.07. The molecular weight excluding hydrogens is 270 g/mol. The third-order valence-corrected chi connectivity index (χ3v) is 2.48. The smallest absolute Gasteiger partial charge is 0.357 e. The average molecular weight is 281 g/mol. The van der Waals surface area contributed by atoms with E-state index in [2.05, 4.69) is 10.3 Å². The van der Waals surface area contributed by atoms with Gasteiger partial charge in [-0.05, 0) is 30.3 Å². The summed E-state index contributed by atoms with van der Waals surface area (Å²) >= 11 is 0. The summed E-state index contributed by atoms with van der Waals surface area (Å²) in [5, 5.41) is 11.3. The highest BCUT2D eigenvalue weighted by atomic mass is 16.5. The van der Waals surface area contributed by atoms with Crippen LogP contribution in [0.4, 0.5) is 5.69 Å². The summed E-state index contributed by atoms with van der Waals surface area (Å²) in [6.45, 7) is -0.424. The average Bonchev–Trinajstić information content (AvgIpc) is 2.53. The molecule has 0 saturated heterocycles. The summed E-state index contributed by atoms with van der Waals surface area (Å²) in [6, 6.07) is 13.2. The number of benzene rings is 1. The third kappa shape index (κ3) is 4.14. The van der Waals surface area contributed by atoms with Crippen molar-refractivity contribution in [1.29, 1.82) is 5.26 Å². The van der Waals surface area contributed by atoms with E-state index >= 15 is 0 Å². The van der Waals surface area contributed by atoms with Crippen LogP contribution in [-0.2, 0) is 9.53 Å². The number of rotatable bonds is 4. The van der Waals surface area contributed by atoms with Crippen LogP contribution in [0.5, 0.6) is 0 Å². The second kappa shape index (κ2) is 6.82. The molecule has 1 aromatic heterocycles. The molecule has 1 amide bonds. The molecule has 2 aromatic rings. The minimum atomic E-state index is -0.670. The topological polar surface area (TPSA) is 92.1 Å². The van der Waals surface area contributed by atoms with Crippen molar-refractivity contribution >= 4 is 17.6 Å². The first-order chi connectivity index (χ1) is 10.2. The van der Waals surface area contributed by atoms with Gasteiger partial charge in [0.05, 0.1) is 11.6 Å². The standard InChI is InChI=1S/C15H11N3O3/c16-9-11-4-3-5-12(8-11)18-14(19)10-21-15(20)13-6-1-2-7-17-13/h1-8H,10H2,(H,18,19). The Labute approximate surface area is 121 Å². The number of amides is 1. The predicted molar refractivity (Wildman–Crippen MR) is 74.3 cm³/mol. The first-order valence-electron chi connectivity index (χ1n) is 6.07. The van der Waals surface area contributed by atoms with Crippen molar-refractivity contribution in [3.8, 4) is 6.07 Å². The van der Waals surface area contributed by atoms with E-state index in [-0.39, 0.29) is 5.69 Å². The van der Waals surface area contributed by atoms with Gasteiger partial charge in [0.1, 0.15) is 5.69 Å². The third-order valence-electron chi connectivity index (χ3n) is 2.48. The SMILES string of the molecule is N#Cc1cccc(NC(=O)COC(=O)c2ccccn2)c1. The van der Waals surface area contributed by atoms with Crippen molar-refractivity contribution in [2.75, 3.05) is 11.9 Å². The highest BCUT2D eigenvalue weighted by Crippen LogP contribution is 2.09. The Kier molecular flexibility index (Phi) is 4.62. The molecule has 0 aliphatic rings. The van der Waals surface area contributed by atoms with Crippen molar-refractivity contribution in [3.05, 3.63) is 59.9 Å². The summed E-state index contributed by atoms with van der Waals surface area (Å²) < 4.78 is 4.84. The number of aromatic nitrogens is 1. The summed E-state index contributed by atoms with van der Waals surface area (Å²) in [5.41, 5.74) is 1.03. The van der Waals surface area contributed by atoms with E-state index in [0.717, 1.165) is 0 Å². The van der Waals surface area contributed by atoms with Crippen LogP contribution in [0.15, 0.2) is 48.7 Å². The second-order valence-corrected chi connectivity index (χ2v) is 4.03. The Balaban J connectivity index is 1.88. The number of esters is 1. The molecule has 104 valence electrons. The highest BCUT2D eigenvalue weighted by Gasteiger charge is 2.11. The van der Waals surface area contributed by atoms with E-state index in [9.17, 15) is 9.59 Å². The fourth-order valence-electron chi connectivity index (χ4n) is 1.55. The van der Waals surface area contributed by atoms with Gasteiger partial charge >= 0.3 is 5.97 Å². The Morgan fingerprint density at radius 3 is 2.81 bits per heavy atom. The number of hydrogen-bond donors (Lipinski definition) is 1. The van der Waals surface area contributed by atoms with Crippen molar-refractivity contribution in [3.63, 3.8) is 0 Å². The summed E-state index contributed by atoms with van der Waals surface area (Å²) in [6.07, 6.45) is 1.46. The fraction of sp³-hybridized carbons (Fsp3) is 0.0667. The van der Waals surface area contributed by atoms with E-state index in [1.165, 1.54) is 18.3 Å². The molecule has 0 unspecified atom stereocenters. The van der Waals surface area contributed by atoms with Gasteiger partial charge in [-0.15, -0.1) is 0 Å². The second-order valence-electron chi connectivity index (χ2n) is 4.03. The molecule has 6 nitrogen and oxygen atoms in total. The zero-order valence-electron chi connectivity index (χ0n) is 10.9. The van der Waals surface area contributed by atoms with Crippen LogP contribution in [0, 0.1) is 11.3 Å². The molecular formula is C15H11N3O3. The number of hydrogen-bond acceptors (Lipinski definition) is 5. The lowest BCUT2D eigenvalue weighted by Gasteiger charge is -2.06. The van der Waals surface area contributed by atoms with Gasteiger partial charge in [0.25, 0.3) is 5.91 Å². The van der Waals surface area contributed by atoms with Crippen LogP contribution < -0.4 is 5.32 Å². The molecule has 2 rings (SSSR count). The number of ether oxygens (including phenoxy) is 1. The molecule has 0 radical (unpaired) electrons. The largest absolute Gasteiger partial charge is 0.451 e. The predicted octanol–water partition coefficient (Wildman–Crippen LogP) is 1.75. The summed E-state index contributed by atoms with van der Waals surface area (Å²) in [4.78, 5) is 27.1. The maximum atomic E-state index is 11.7. The first kappa shape index (κ1) is 14.2. The number of pyridine rings is 1. The minimum absolute atomic E-state index is 0.136. The lowest BCUT2D eigenvalue weighted by Crippen LogP contribution is -2.21. The van der Waals surface area contributed by atoms with Gasteiger partial charge in [-0.1, -0.05) is 12.1 Å². The van der Waals surface area contributed by atoms with Gasteiger partial charge in [-0.25, -0.2) is 9.78 Å². The zero-order valence-corrected chi connectivity index (χ0v) is 10.9. The lowest BCUT2D eigenvalue weighted by molar-refractivity contribution is -0.119. The number of nitrogens with one attached hydrogen (secondary N) is 1. The maximum absolute atomic E-state index is 11.7. The van der Waals surface area contributed by atoms with E-state index in [4.69, 9.17) is 10.00 Å². The Hall–Kier alpha value is -3.20. The Morgan fingerprint density at radius 2 is 2.10 bits per heavy atom. The normalized spacial score (nSPS) is 9.48. The molecule has 21 heavy (non-hydrogen) atoms. The minimum Gasteiger partial charge on any atom is -0.451 e. The number of nitriles is 1. The Bertz CT molecular complexity index is 693. The van der Waals surface area contributed by atoms with Gasteiger partial charge in [-0.2, -0.15) is 5.26 Å². The van der Waals surface area contributed by atoms with Crippen LogP contribution in [0.25, 0.3) is 0 Å². The van der Waals surface area contributed by atoms with Crippen molar-refractivity contribution in [2.24, 2.45) is 0 Å². The van der Waals surface area contributed by atoms with Crippen LogP contribution in [0.1, 0.15) is 16.1 Å². The van der Waals surface area contributed by atoms with Gasteiger partial charge in [0.2, 0.25) is 0 Å². The van der Waals surface area contributed by atoms with Crippen LogP contribution in [-0.4, -0.2) is 23.5 Å². The fourth-order valence-corrected chi connectivity index (χ4v) is 1.55. The molecule has 1 N–H and O–H groups in total. The summed E-state index contributed by atoms with van der Waals surface area (Å²) in [5.74, 6) is -1.16. The van der Waals surface area contributed by atoms with Gasteiger partial charge < -0.3 is 10.1 Å². The Morgan fingerprint density at radius 1 is 1.24 bits per heavy atom. The monoisotopic (exact) mass is 281 g/mol. The molecule has 0 aliphatic carbocycles. The molecule has 0 bridgehead atoms. The van der Waals surface area contributed by atoms with Crippen molar-refractivity contribution in [1.82, 2.24) is 4.98 Å². The molecule has 6 heteroatoms. The summed E-state index contributed by atoms with van der Waals surface area (Å²) in [7, 11) is 0. The maximum Gasteiger partial charge on any atom is 0.357 e. The molecule has 0 saturated carbocycles. The number of anilines is 1. The number of carbonyl (C=O) groups excluding carboxylic acids is 2. The number of nitrogens with zero attached hydrogens (tertiary/aromatic N) is 2. The van der Waals surface area contributed by atoms with E-state index in [1.54, 1.807) is 30.3 Å². The zero-order chi connectivity index (χ0) is 15.1. The molecule has 0 fully saturated rings. The van der Waals surface area contributed by atoms with Gasteiger partial charge in [0.15, 0.2) is 6.61 Å². The molecule has 0 aliphatic heterocycles. The number of carbonyl (C=O) groups is 2. The van der Waals surface area contributed by atoms with Crippen LogP contribution >= 0.6 is 0 Å². The van der Waals surface area contributed by atoms with E-state index in [0.29, 0.717) is 11.3 Å². The van der Waals surface area contributed by atoms with Gasteiger partial charge in [0, 0.05) is 11.9 Å². The quantitative estimate of drug-likeness (QED) is 0.862. The highest BCUT2D eigenvalue weighted by molar-refractivity contribution is 5.94. The van der Waals surface area contributed by atoms with Gasteiger partial charge in [-0.3, -0.25) is 4.79 Å². The molecule has 0 spiro atoms. The van der Waals surface area contributed by atoms with Crippen molar-refractivity contribution in [2.45, 2.75) is 0 Å². The molecule has 1 heterocycles. The van der Waals surface area contributed by atoms with Crippen LogP contribution in [0.2, 0.25) is 0 Å². The molecule has 0 atom stereocenters. The lowest BCUT2D eigenvalue weighted by atomic mass is 10.2. The molecule has 1 aromatic carbocycles.